The first-order valence-corrected chi connectivity index (χ1v) is 10.4. The van der Waals surface area contributed by atoms with Crippen LogP contribution in [-0.4, -0.2) is 29.9 Å². The number of nitrogens with zero attached hydrogens (tertiary/aromatic N) is 2. The quantitative estimate of drug-likeness (QED) is 0.501. The summed E-state index contributed by atoms with van der Waals surface area (Å²) in [7, 11) is 0. The van der Waals surface area contributed by atoms with Crippen LogP contribution < -0.4 is 10.2 Å². The average Bonchev–Trinajstić information content (AvgIpc) is 3.22. The molecule has 2 amide bonds. The van der Waals surface area contributed by atoms with Crippen LogP contribution in [-0.2, 0) is 4.79 Å². The van der Waals surface area contributed by atoms with Crippen LogP contribution in [0.2, 0.25) is 5.02 Å². The lowest BCUT2D eigenvalue weighted by atomic mass is 10.2. The summed E-state index contributed by atoms with van der Waals surface area (Å²) in [5.74, 6) is -1.19. The maximum Gasteiger partial charge on any atom is 0.252 e. The van der Waals surface area contributed by atoms with Gasteiger partial charge in [0.1, 0.15) is 5.82 Å². The zero-order valence-corrected chi connectivity index (χ0v) is 17.5. The van der Waals surface area contributed by atoms with Gasteiger partial charge in [0.2, 0.25) is 5.91 Å². The molecule has 0 fully saturated rings. The maximum absolute atomic E-state index is 13.1. The second-order valence-electron chi connectivity index (χ2n) is 6.30. The molecule has 1 aromatic heterocycles. The predicted molar refractivity (Wildman–Crippen MR) is 118 cm³/mol. The van der Waals surface area contributed by atoms with Gasteiger partial charge in [-0.15, -0.1) is 17.9 Å². The summed E-state index contributed by atoms with van der Waals surface area (Å²) in [6.45, 7) is 4.12. The first-order chi connectivity index (χ1) is 14.5. The fraction of sp³-hybridized carbons (Fsp3) is 0.136. The lowest BCUT2D eigenvalue weighted by Crippen LogP contribution is -2.34. The first-order valence-electron chi connectivity index (χ1n) is 9.15. The van der Waals surface area contributed by atoms with Crippen LogP contribution >= 0.6 is 22.9 Å². The number of thiazole rings is 1. The van der Waals surface area contributed by atoms with E-state index in [0.29, 0.717) is 11.7 Å². The van der Waals surface area contributed by atoms with E-state index in [1.165, 1.54) is 22.3 Å². The number of hydrogen-bond acceptors (Lipinski definition) is 4. The summed E-state index contributed by atoms with van der Waals surface area (Å²) in [4.78, 5) is 31.0. The van der Waals surface area contributed by atoms with E-state index in [9.17, 15) is 14.0 Å². The zero-order chi connectivity index (χ0) is 21.5. The van der Waals surface area contributed by atoms with E-state index in [4.69, 9.17) is 11.6 Å². The van der Waals surface area contributed by atoms with Gasteiger partial charge in [-0.3, -0.25) is 14.5 Å². The molecule has 154 valence electrons. The van der Waals surface area contributed by atoms with E-state index in [2.05, 4.69) is 16.9 Å². The lowest BCUT2D eigenvalue weighted by Gasteiger charge is -2.18. The van der Waals surface area contributed by atoms with Gasteiger partial charge in [-0.05, 0) is 18.2 Å². The fourth-order valence-electron chi connectivity index (χ4n) is 2.73. The van der Waals surface area contributed by atoms with Crippen molar-refractivity contribution in [3.8, 4) is 11.3 Å². The monoisotopic (exact) mass is 443 g/mol. The third kappa shape index (κ3) is 5.31. The highest BCUT2D eigenvalue weighted by molar-refractivity contribution is 7.14. The maximum atomic E-state index is 13.1. The number of carbonyl (C=O) groups is 2. The number of rotatable bonds is 8. The molecule has 1 heterocycles. The number of amides is 2. The predicted octanol–water partition coefficient (Wildman–Crippen LogP) is 4.94. The van der Waals surface area contributed by atoms with Crippen LogP contribution in [0.4, 0.5) is 9.52 Å². The molecule has 8 heteroatoms. The van der Waals surface area contributed by atoms with E-state index >= 15 is 0 Å². The lowest BCUT2D eigenvalue weighted by molar-refractivity contribution is -0.118. The number of aromatic nitrogens is 1. The average molecular weight is 444 g/mol. The van der Waals surface area contributed by atoms with Gasteiger partial charge in [-0.25, -0.2) is 9.37 Å². The van der Waals surface area contributed by atoms with Crippen LogP contribution in [0.1, 0.15) is 16.8 Å². The molecule has 3 rings (SSSR count). The molecule has 0 atom stereocenters. The minimum atomic E-state index is -0.523. The number of hydrogen-bond donors (Lipinski definition) is 1. The normalized spacial score (nSPS) is 10.5. The highest BCUT2D eigenvalue weighted by atomic mass is 35.5. The Morgan fingerprint density at radius 1 is 1.23 bits per heavy atom. The second kappa shape index (κ2) is 10.1. The zero-order valence-electron chi connectivity index (χ0n) is 16.0. The Kier molecular flexibility index (Phi) is 7.32. The molecule has 0 saturated heterocycles. The molecule has 0 spiro atoms. The first kappa shape index (κ1) is 21.7. The number of halogens is 2. The smallest absolute Gasteiger partial charge is 0.252 e. The fourth-order valence-corrected chi connectivity index (χ4v) is 3.85. The van der Waals surface area contributed by atoms with E-state index < -0.39 is 11.7 Å². The molecule has 30 heavy (non-hydrogen) atoms. The van der Waals surface area contributed by atoms with Gasteiger partial charge >= 0.3 is 0 Å². The topological polar surface area (TPSA) is 62.3 Å². The van der Waals surface area contributed by atoms with Gasteiger partial charge in [0.05, 0.1) is 16.3 Å². The van der Waals surface area contributed by atoms with Gasteiger partial charge in [-0.2, -0.15) is 0 Å². The SMILES string of the molecule is C=CCN(C(=O)CCNC(=O)c1ccc(F)cc1Cl)c1nc(-c2ccccc2)cs1. The molecular weight excluding hydrogens is 425 g/mol. The Morgan fingerprint density at radius 3 is 2.70 bits per heavy atom. The Labute approximate surface area is 182 Å². The minimum absolute atomic E-state index is 0.0170. The summed E-state index contributed by atoms with van der Waals surface area (Å²) in [6, 6.07) is 13.2. The highest BCUT2D eigenvalue weighted by Gasteiger charge is 2.19. The van der Waals surface area contributed by atoms with Crippen molar-refractivity contribution in [2.45, 2.75) is 6.42 Å². The number of benzene rings is 2. The van der Waals surface area contributed by atoms with Crippen molar-refractivity contribution < 1.29 is 14.0 Å². The summed E-state index contributed by atoms with van der Waals surface area (Å²) in [6.07, 6.45) is 1.69. The Morgan fingerprint density at radius 2 is 2.00 bits per heavy atom. The number of anilines is 1. The van der Waals surface area contributed by atoms with Crippen molar-refractivity contribution in [1.29, 1.82) is 0 Å². The number of carbonyl (C=O) groups excluding carboxylic acids is 2. The van der Waals surface area contributed by atoms with Crippen molar-refractivity contribution in [2.75, 3.05) is 18.0 Å². The Balaban J connectivity index is 1.62. The summed E-state index contributed by atoms with van der Waals surface area (Å²) in [5.41, 5.74) is 1.91. The molecule has 2 aromatic carbocycles. The van der Waals surface area contributed by atoms with Gasteiger partial charge in [-0.1, -0.05) is 48.0 Å². The van der Waals surface area contributed by atoms with Gasteiger partial charge in [0.15, 0.2) is 5.13 Å². The molecule has 0 aliphatic rings. The summed E-state index contributed by atoms with van der Waals surface area (Å²) < 4.78 is 13.1. The van der Waals surface area contributed by atoms with Crippen LogP contribution in [0.15, 0.2) is 66.6 Å². The van der Waals surface area contributed by atoms with Crippen LogP contribution in [0.5, 0.6) is 0 Å². The third-order valence-corrected chi connectivity index (χ3v) is 5.38. The van der Waals surface area contributed by atoms with Crippen LogP contribution in [0.3, 0.4) is 0 Å². The van der Waals surface area contributed by atoms with Crippen molar-refractivity contribution in [3.63, 3.8) is 0 Å². The van der Waals surface area contributed by atoms with Crippen molar-refractivity contribution in [1.82, 2.24) is 10.3 Å². The second-order valence-corrected chi connectivity index (χ2v) is 7.55. The summed E-state index contributed by atoms with van der Waals surface area (Å²) >= 11 is 7.26. The molecule has 0 aliphatic carbocycles. The molecule has 0 radical (unpaired) electrons. The minimum Gasteiger partial charge on any atom is -0.351 e. The standard InChI is InChI=1S/C22H19ClFN3O2S/c1-2-12-27(22-26-19(14-30-22)15-6-4-3-5-7-15)20(28)10-11-25-21(29)17-9-8-16(24)13-18(17)23/h2-9,13-14H,1,10-12H2,(H,25,29). The van der Waals surface area contributed by atoms with Crippen LogP contribution in [0, 0.1) is 5.82 Å². The molecule has 0 unspecified atom stereocenters. The third-order valence-electron chi connectivity index (χ3n) is 4.21. The Hall–Kier alpha value is -3.03. The van der Waals surface area contributed by atoms with Crippen molar-refractivity contribution >= 4 is 39.9 Å². The largest absolute Gasteiger partial charge is 0.351 e. The van der Waals surface area contributed by atoms with E-state index in [1.54, 1.807) is 6.08 Å². The molecule has 3 aromatic rings. The molecule has 0 aliphatic heterocycles. The number of nitrogens with one attached hydrogen (secondary N) is 1. The molecule has 0 saturated carbocycles. The molecule has 5 nitrogen and oxygen atoms in total. The molecular formula is C22H19ClFN3O2S. The van der Waals surface area contributed by atoms with E-state index in [-0.39, 0.29) is 29.5 Å². The van der Waals surface area contributed by atoms with E-state index in [1.807, 2.05) is 35.7 Å². The van der Waals surface area contributed by atoms with Crippen molar-refractivity contribution in [2.24, 2.45) is 0 Å². The van der Waals surface area contributed by atoms with Crippen LogP contribution in [0.25, 0.3) is 11.3 Å². The highest BCUT2D eigenvalue weighted by Crippen LogP contribution is 2.27. The van der Waals surface area contributed by atoms with Gasteiger partial charge < -0.3 is 5.32 Å². The van der Waals surface area contributed by atoms with Gasteiger partial charge in [0, 0.05) is 30.5 Å². The van der Waals surface area contributed by atoms with Crippen molar-refractivity contribution in [3.05, 3.63) is 83.0 Å². The Bertz CT molecular complexity index is 1060. The molecule has 0 bridgehead atoms. The summed E-state index contributed by atoms with van der Waals surface area (Å²) in [5, 5.41) is 5.11. The molecule has 1 N–H and O–H groups in total. The van der Waals surface area contributed by atoms with Gasteiger partial charge in [0.25, 0.3) is 5.91 Å². The van der Waals surface area contributed by atoms with E-state index in [0.717, 1.165) is 23.4 Å².